The van der Waals surface area contributed by atoms with E-state index < -0.39 is 0 Å². The van der Waals surface area contributed by atoms with Gasteiger partial charge in [-0.05, 0) is 42.3 Å². The van der Waals surface area contributed by atoms with E-state index in [1.54, 1.807) is 12.1 Å². The van der Waals surface area contributed by atoms with Gasteiger partial charge < -0.3 is 15.1 Å². The first-order valence-electron chi connectivity index (χ1n) is 9.37. The quantitative estimate of drug-likeness (QED) is 0.634. The van der Waals surface area contributed by atoms with Gasteiger partial charge in [0.2, 0.25) is 11.8 Å². The van der Waals surface area contributed by atoms with Crippen LogP contribution in [0.1, 0.15) is 17.2 Å². The molecule has 1 amide bonds. The summed E-state index contributed by atoms with van der Waals surface area (Å²) >= 11 is 0. The van der Waals surface area contributed by atoms with Crippen LogP contribution in [-0.2, 0) is 11.2 Å². The van der Waals surface area contributed by atoms with Crippen molar-refractivity contribution in [3.05, 3.63) is 77.9 Å². The highest BCUT2D eigenvalue weighted by atomic mass is 35.5. The summed E-state index contributed by atoms with van der Waals surface area (Å²) < 4.78 is 18.5. The van der Waals surface area contributed by atoms with E-state index in [0.717, 1.165) is 0 Å². The van der Waals surface area contributed by atoms with Gasteiger partial charge in [-0.15, -0.1) is 24.8 Å². The second kappa shape index (κ2) is 10.6. The standard InChI is InChI=1S/C22H22FN3O2.2ClH/c23-18-8-6-16(7-9-18)22-25-19(14-28-22)10-21(27)26-12-17(11-24)20(13-26)15-4-2-1-3-5-15;;/h1-9,14,17,20H,10-13,24H2;2*1H/t17-,20+;;/m1../s1. The molecule has 1 aliphatic rings. The molecule has 2 heterocycles. The third-order valence-electron chi connectivity index (χ3n) is 5.30. The Balaban J connectivity index is 0.00000160. The zero-order chi connectivity index (χ0) is 19.5. The number of benzene rings is 2. The summed E-state index contributed by atoms with van der Waals surface area (Å²) in [4.78, 5) is 19.0. The van der Waals surface area contributed by atoms with Gasteiger partial charge in [0.1, 0.15) is 12.1 Å². The van der Waals surface area contributed by atoms with Crippen molar-refractivity contribution in [1.29, 1.82) is 0 Å². The maximum atomic E-state index is 13.1. The first kappa shape index (κ1) is 23.9. The lowest BCUT2D eigenvalue weighted by Gasteiger charge is -2.16. The lowest BCUT2D eigenvalue weighted by Crippen LogP contribution is -2.31. The molecule has 0 bridgehead atoms. The normalized spacial score (nSPS) is 17.9. The molecule has 160 valence electrons. The number of nitrogens with two attached hydrogens (primary N) is 1. The van der Waals surface area contributed by atoms with E-state index in [1.165, 1.54) is 24.0 Å². The molecule has 2 N–H and O–H groups in total. The molecule has 0 spiro atoms. The number of rotatable bonds is 5. The van der Waals surface area contributed by atoms with Crippen LogP contribution < -0.4 is 5.73 Å². The van der Waals surface area contributed by atoms with Crippen LogP contribution in [-0.4, -0.2) is 35.4 Å². The molecule has 2 atom stereocenters. The Morgan fingerprint density at radius 1 is 1.10 bits per heavy atom. The molecule has 4 rings (SSSR count). The highest BCUT2D eigenvalue weighted by molar-refractivity contribution is 5.85. The van der Waals surface area contributed by atoms with E-state index in [9.17, 15) is 9.18 Å². The van der Waals surface area contributed by atoms with Crippen molar-refractivity contribution in [2.24, 2.45) is 11.7 Å². The van der Waals surface area contributed by atoms with Crippen molar-refractivity contribution >= 4 is 30.7 Å². The number of carbonyl (C=O) groups is 1. The summed E-state index contributed by atoms with van der Waals surface area (Å²) in [5.74, 6) is 0.574. The van der Waals surface area contributed by atoms with Gasteiger partial charge in [-0.2, -0.15) is 0 Å². The number of amides is 1. The molecule has 30 heavy (non-hydrogen) atoms. The molecule has 8 heteroatoms. The molecule has 0 aliphatic carbocycles. The molecular formula is C22H24Cl2FN3O2. The summed E-state index contributed by atoms with van der Waals surface area (Å²) in [6, 6.07) is 16.1. The summed E-state index contributed by atoms with van der Waals surface area (Å²) in [7, 11) is 0. The Morgan fingerprint density at radius 2 is 1.80 bits per heavy atom. The Kier molecular flexibility index (Phi) is 8.41. The minimum atomic E-state index is -0.317. The maximum Gasteiger partial charge on any atom is 0.228 e. The van der Waals surface area contributed by atoms with Crippen molar-refractivity contribution in [2.75, 3.05) is 19.6 Å². The van der Waals surface area contributed by atoms with Crippen molar-refractivity contribution < 1.29 is 13.6 Å². The second-order valence-electron chi connectivity index (χ2n) is 7.14. The van der Waals surface area contributed by atoms with E-state index >= 15 is 0 Å². The van der Waals surface area contributed by atoms with E-state index in [-0.39, 0.29) is 54.8 Å². The van der Waals surface area contributed by atoms with Crippen LogP contribution in [0.3, 0.4) is 0 Å². The number of aromatic nitrogens is 1. The number of likely N-dealkylation sites (tertiary alicyclic amines) is 1. The molecule has 1 aliphatic heterocycles. The molecule has 3 aromatic rings. The van der Waals surface area contributed by atoms with E-state index in [4.69, 9.17) is 10.2 Å². The van der Waals surface area contributed by atoms with Crippen LogP contribution >= 0.6 is 24.8 Å². The first-order valence-corrected chi connectivity index (χ1v) is 9.37. The molecule has 0 unspecified atom stereocenters. The molecule has 1 saturated heterocycles. The molecule has 0 saturated carbocycles. The third-order valence-corrected chi connectivity index (χ3v) is 5.30. The minimum absolute atomic E-state index is 0. The molecular weight excluding hydrogens is 428 g/mol. The molecule has 1 aromatic heterocycles. The zero-order valence-electron chi connectivity index (χ0n) is 16.2. The highest BCUT2D eigenvalue weighted by Gasteiger charge is 2.35. The van der Waals surface area contributed by atoms with Gasteiger partial charge in [-0.3, -0.25) is 4.79 Å². The van der Waals surface area contributed by atoms with Gasteiger partial charge in [-0.1, -0.05) is 30.3 Å². The molecule has 1 fully saturated rings. The van der Waals surface area contributed by atoms with E-state index in [0.29, 0.717) is 36.8 Å². The Labute approximate surface area is 187 Å². The second-order valence-corrected chi connectivity index (χ2v) is 7.14. The lowest BCUT2D eigenvalue weighted by atomic mass is 9.89. The minimum Gasteiger partial charge on any atom is -0.444 e. The fourth-order valence-corrected chi connectivity index (χ4v) is 3.77. The summed E-state index contributed by atoms with van der Waals surface area (Å²) in [5.41, 5.74) is 8.42. The van der Waals surface area contributed by atoms with Gasteiger partial charge in [0, 0.05) is 24.6 Å². The van der Waals surface area contributed by atoms with Gasteiger partial charge in [0.15, 0.2) is 0 Å². The Morgan fingerprint density at radius 3 is 2.47 bits per heavy atom. The smallest absolute Gasteiger partial charge is 0.228 e. The number of hydrogen-bond acceptors (Lipinski definition) is 4. The van der Waals surface area contributed by atoms with Crippen molar-refractivity contribution in [3.8, 4) is 11.5 Å². The lowest BCUT2D eigenvalue weighted by molar-refractivity contribution is -0.129. The van der Waals surface area contributed by atoms with Crippen LogP contribution in [0.25, 0.3) is 11.5 Å². The molecule has 5 nitrogen and oxygen atoms in total. The van der Waals surface area contributed by atoms with E-state index in [1.807, 2.05) is 23.1 Å². The van der Waals surface area contributed by atoms with Crippen LogP contribution in [0.2, 0.25) is 0 Å². The average Bonchev–Trinajstić information content (AvgIpc) is 3.36. The maximum absolute atomic E-state index is 13.1. The number of hydrogen-bond donors (Lipinski definition) is 1. The van der Waals surface area contributed by atoms with Gasteiger partial charge >= 0.3 is 0 Å². The van der Waals surface area contributed by atoms with Gasteiger partial charge in [-0.25, -0.2) is 9.37 Å². The SMILES string of the molecule is Cl.Cl.NC[C@@H]1CN(C(=O)Cc2coc(-c3ccc(F)cc3)n2)C[C@H]1c1ccccc1. The van der Waals surface area contributed by atoms with Crippen LogP contribution in [0.4, 0.5) is 4.39 Å². The van der Waals surface area contributed by atoms with E-state index in [2.05, 4.69) is 17.1 Å². The number of nitrogens with zero attached hydrogens (tertiary/aromatic N) is 2. The summed E-state index contributed by atoms with van der Waals surface area (Å²) in [5, 5.41) is 0. The third kappa shape index (κ3) is 5.19. The zero-order valence-corrected chi connectivity index (χ0v) is 17.9. The Bertz CT molecular complexity index is 951. The van der Waals surface area contributed by atoms with Gasteiger partial charge in [0.25, 0.3) is 0 Å². The molecule has 0 radical (unpaired) electrons. The average molecular weight is 452 g/mol. The van der Waals surface area contributed by atoms with Crippen molar-refractivity contribution in [1.82, 2.24) is 9.88 Å². The Hall–Kier alpha value is -2.41. The summed E-state index contributed by atoms with van der Waals surface area (Å²) in [6.45, 7) is 1.85. The number of halogens is 3. The van der Waals surface area contributed by atoms with Crippen LogP contribution in [0, 0.1) is 11.7 Å². The fraction of sp³-hybridized carbons (Fsp3) is 0.273. The monoisotopic (exact) mass is 451 g/mol. The van der Waals surface area contributed by atoms with Crippen LogP contribution in [0.15, 0.2) is 65.3 Å². The predicted octanol–water partition coefficient (Wildman–Crippen LogP) is 4.07. The number of carbonyl (C=O) groups excluding carboxylic acids is 1. The topological polar surface area (TPSA) is 72.4 Å². The largest absolute Gasteiger partial charge is 0.444 e. The predicted molar refractivity (Wildman–Crippen MR) is 118 cm³/mol. The summed E-state index contributed by atoms with van der Waals surface area (Å²) in [6.07, 6.45) is 1.66. The van der Waals surface area contributed by atoms with Crippen molar-refractivity contribution in [2.45, 2.75) is 12.3 Å². The van der Waals surface area contributed by atoms with Crippen molar-refractivity contribution in [3.63, 3.8) is 0 Å². The molecule has 2 aromatic carbocycles. The fourth-order valence-electron chi connectivity index (χ4n) is 3.77. The first-order chi connectivity index (χ1) is 13.6. The highest BCUT2D eigenvalue weighted by Crippen LogP contribution is 2.32. The number of oxazole rings is 1. The van der Waals surface area contributed by atoms with Crippen LogP contribution in [0.5, 0.6) is 0 Å². The van der Waals surface area contributed by atoms with Gasteiger partial charge in [0.05, 0.1) is 12.1 Å².